The van der Waals surface area contributed by atoms with Gasteiger partial charge in [-0.15, -0.1) is 6.58 Å². The van der Waals surface area contributed by atoms with Crippen LogP contribution < -0.4 is 29.6 Å². The quantitative estimate of drug-likeness (QED) is 0.245. The number of allylic oxidation sites excluding steroid dienone is 1. The van der Waals surface area contributed by atoms with Gasteiger partial charge in [-0.1, -0.05) is 58.4 Å². The molecule has 0 bridgehead atoms. The molecule has 0 aliphatic rings. The standard InChI is InChI=1S/C11H22.C3H5NO2.C3H6O2.Na.H/c1-3-5-7-9-11-10-8-6-4-2;1-2(4)3(5)6;1-2-3(4)5;;/h3H,1,4-11H2,2H3;4H,1H3,(H,5,6);2H2,1H3,(H,4,5);;/q;;;+1;-1. The first kappa shape index (κ1) is 30.3. The van der Waals surface area contributed by atoms with Crippen LogP contribution in [0.5, 0.6) is 0 Å². The SMILES string of the molecule is C=CCCCCCCCCC.CC(=N)C(=O)O.CCC(=O)O.[H-].[Na+]. The molecule has 0 rings (SSSR count). The van der Waals surface area contributed by atoms with Crippen molar-refractivity contribution in [1.29, 1.82) is 5.41 Å². The Morgan fingerprint density at radius 1 is 1.04 bits per heavy atom. The zero-order chi connectivity index (χ0) is 17.8. The Bertz CT molecular complexity index is 301. The molecule has 0 radical (unpaired) electrons. The van der Waals surface area contributed by atoms with Crippen molar-refractivity contribution in [3.8, 4) is 0 Å². The van der Waals surface area contributed by atoms with Gasteiger partial charge in [0.15, 0.2) is 0 Å². The Hall–Kier alpha value is -0.650. The largest absolute Gasteiger partial charge is 1.00 e. The molecule has 5 nitrogen and oxygen atoms in total. The van der Waals surface area contributed by atoms with Gasteiger partial charge in [0.2, 0.25) is 0 Å². The van der Waals surface area contributed by atoms with Crippen LogP contribution in [0.2, 0.25) is 0 Å². The predicted octanol–water partition coefficient (Wildman–Crippen LogP) is 2.02. The molecule has 0 aliphatic carbocycles. The molecule has 0 fully saturated rings. The molecule has 0 saturated heterocycles. The van der Waals surface area contributed by atoms with E-state index in [-0.39, 0.29) is 43.1 Å². The third-order valence-corrected chi connectivity index (χ3v) is 2.64. The van der Waals surface area contributed by atoms with Crippen LogP contribution in [0.1, 0.15) is 80.0 Å². The molecule has 0 aromatic rings. The van der Waals surface area contributed by atoms with Gasteiger partial charge in [0.05, 0.1) is 0 Å². The number of carbonyl (C=O) groups is 2. The van der Waals surface area contributed by atoms with Gasteiger partial charge in [-0.25, -0.2) is 4.79 Å². The molecule has 0 amide bonds. The van der Waals surface area contributed by atoms with E-state index in [0.717, 1.165) is 0 Å². The summed E-state index contributed by atoms with van der Waals surface area (Å²) in [5, 5.41) is 21.8. The van der Waals surface area contributed by atoms with Crippen molar-refractivity contribution in [1.82, 2.24) is 0 Å². The summed E-state index contributed by atoms with van der Waals surface area (Å²) < 4.78 is 0. The Morgan fingerprint density at radius 3 is 1.65 bits per heavy atom. The molecule has 0 saturated carbocycles. The second-order valence-corrected chi connectivity index (χ2v) is 4.88. The van der Waals surface area contributed by atoms with E-state index >= 15 is 0 Å². The van der Waals surface area contributed by atoms with Crippen molar-refractivity contribution in [3.63, 3.8) is 0 Å². The molecule has 3 N–H and O–H groups in total. The second-order valence-electron chi connectivity index (χ2n) is 4.88. The molecule has 0 spiro atoms. The summed E-state index contributed by atoms with van der Waals surface area (Å²) in [6.07, 6.45) is 13.3. The Labute approximate surface area is 164 Å². The van der Waals surface area contributed by atoms with Gasteiger partial charge in [0, 0.05) is 6.42 Å². The summed E-state index contributed by atoms with van der Waals surface area (Å²) in [6, 6.07) is 0. The van der Waals surface area contributed by atoms with Crippen molar-refractivity contribution < 1.29 is 50.8 Å². The maximum absolute atomic E-state index is 9.47. The van der Waals surface area contributed by atoms with Crippen LogP contribution in [0.15, 0.2) is 12.7 Å². The number of carboxylic acids is 2. The first-order valence-corrected chi connectivity index (χ1v) is 7.94. The van der Waals surface area contributed by atoms with Crippen LogP contribution in [0.3, 0.4) is 0 Å². The van der Waals surface area contributed by atoms with Crippen LogP contribution >= 0.6 is 0 Å². The minimum absolute atomic E-state index is 0. The molecule has 6 heteroatoms. The second kappa shape index (κ2) is 26.3. The summed E-state index contributed by atoms with van der Waals surface area (Å²) in [4.78, 5) is 18.8. The fourth-order valence-corrected chi connectivity index (χ4v) is 1.25. The number of carboxylic acid groups (broad SMARTS) is 2. The van der Waals surface area contributed by atoms with Gasteiger partial charge < -0.3 is 11.6 Å². The van der Waals surface area contributed by atoms with Crippen molar-refractivity contribution in [2.45, 2.75) is 78.6 Å². The molecule has 0 aromatic carbocycles. The maximum atomic E-state index is 9.47. The molecular formula is C17H34NNaO4. The number of rotatable bonds is 10. The number of nitrogens with one attached hydrogen (secondary N) is 1. The Morgan fingerprint density at radius 2 is 1.39 bits per heavy atom. The summed E-state index contributed by atoms with van der Waals surface area (Å²) in [5.41, 5.74) is -0.324. The van der Waals surface area contributed by atoms with E-state index in [2.05, 4.69) is 13.5 Å². The molecule has 132 valence electrons. The third kappa shape index (κ3) is 44.9. The van der Waals surface area contributed by atoms with Gasteiger partial charge in [-0.05, 0) is 19.8 Å². The van der Waals surface area contributed by atoms with Crippen molar-refractivity contribution in [3.05, 3.63) is 12.7 Å². The minimum atomic E-state index is -1.16. The van der Waals surface area contributed by atoms with E-state index in [0.29, 0.717) is 0 Å². The summed E-state index contributed by atoms with van der Waals surface area (Å²) in [5.74, 6) is -1.90. The molecule has 0 aliphatic heterocycles. The Balaban J connectivity index is -0.0000000796. The van der Waals surface area contributed by atoms with Crippen LogP contribution in [0.4, 0.5) is 0 Å². The predicted molar refractivity (Wildman–Crippen MR) is 92.9 cm³/mol. The molecule has 0 aromatic heterocycles. The van der Waals surface area contributed by atoms with Crippen molar-refractivity contribution in [2.75, 3.05) is 0 Å². The average Bonchev–Trinajstić information content (AvgIpc) is 2.47. The number of hydrogen-bond acceptors (Lipinski definition) is 3. The van der Waals surface area contributed by atoms with Crippen molar-refractivity contribution >= 4 is 17.7 Å². The zero-order valence-electron chi connectivity index (χ0n) is 16.4. The third-order valence-electron chi connectivity index (χ3n) is 2.64. The summed E-state index contributed by atoms with van der Waals surface area (Å²) in [6.45, 7) is 8.79. The van der Waals surface area contributed by atoms with Gasteiger partial charge >= 0.3 is 41.5 Å². The molecule has 0 heterocycles. The fourth-order valence-electron chi connectivity index (χ4n) is 1.25. The molecular weight excluding hydrogens is 305 g/mol. The zero-order valence-corrected chi connectivity index (χ0v) is 17.4. The number of unbranched alkanes of at least 4 members (excludes halogenated alkanes) is 7. The van der Waals surface area contributed by atoms with E-state index in [1.807, 2.05) is 6.08 Å². The van der Waals surface area contributed by atoms with E-state index in [1.54, 1.807) is 6.92 Å². The average molecular weight is 339 g/mol. The van der Waals surface area contributed by atoms with E-state index < -0.39 is 11.9 Å². The minimum Gasteiger partial charge on any atom is -1.00 e. The molecule has 0 unspecified atom stereocenters. The maximum Gasteiger partial charge on any atom is 1.00 e. The molecule has 0 atom stereocenters. The molecule has 23 heavy (non-hydrogen) atoms. The topological polar surface area (TPSA) is 98.5 Å². The van der Waals surface area contributed by atoms with E-state index in [4.69, 9.17) is 15.6 Å². The van der Waals surface area contributed by atoms with E-state index in [1.165, 1.54) is 58.3 Å². The first-order valence-electron chi connectivity index (χ1n) is 7.94. The first-order chi connectivity index (χ1) is 10.3. The van der Waals surface area contributed by atoms with Crippen LogP contribution in [-0.4, -0.2) is 27.9 Å². The van der Waals surface area contributed by atoms with Crippen LogP contribution in [0.25, 0.3) is 0 Å². The smallest absolute Gasteiger partial charge is 1.00 e. The monoisotopic (exact) mass is 339 g/mol. The van der Waals surface area contributed by atoms with Crippen LogP contribution in [-0.2, 0) is 9.59 Å². The van der Waals surface area contributed by atoms with Gasteiger partial charge in [-0.3, -0.25) is 10.2 Å². The summed E-state index contributed by atoms with van der Waals surface area (Å²) >= 11 is 0. The van der Waals surface area contributed by atoms with Gasteiger partial charge in [0.1, 0.15) is 5.71 Å². The Kier molecular flexibility index (Phi) is 34.5. The number of aliphatic carboxylic acids is 2. The van der Waals surface area contributed by atoms with Gasteiger partial charge in [-0.2, -0.15) is 0 Å². The normalized spacial score (nSPS) is 8.30. The summed E-state index contributed by atoms with van der Waals surface area (Å²) in [7, 11) is 0. The van der Waals surface area contributed by atoms with Crippen molar-refractivity contribution in [2.24, 2.45) is 0 Å². The number of hydrogen-bond donors (Lipinski definition) is 3. The fraction of sp³-hybridized carbons (Fsp3) is 0.706. The van der Waals surface area contributed by atoms with Gasteiger partial charge in [0.25, 0.3) is 0 Å². The van der Waals surface area contributed by atoms with Crippen LogP contribution in [0, 0.1) is 5.41 Å². The van der Waals surface area contributed by atoms with E-state index in [9.17, 15) is 9.59 Å².